The van der Waals surface area contributed by atoms with Crippen LogP contribution < -0.4 is 5.73 Å². The van der Waals surface area contributed by atoms with E-state index in [1.807, 2.05) is 11.9 Å². The third kappa shape index (κ3) is 4.66. The molecule has 0 aliphatic heterocycles. The molecule has 100 valence electrons. The Morgan fingerprint density at radius 3 is 2.24 bits per heavy atom. The molecule has 1 amide bonds. The second-order valence-electron chi connectivity index (χ2n) is 5.83. The summed E-state index contributed by atoms with van der Waals surface area (Å²) in [7, 11) is 1.93. The smallest absolute Gasteiger partial charge is 0.239 e. The number of nitrogens with zero attached hydrogens (tertiary/aromatic N) is 1. The fourth-order valence-electron chi connectivity index (χ4n) is 2.70. The van der Waals surface area contributed by atoms with Crippen molar-refractivity contribution < 1.29 is 4.79 Å². The average Bonchev–Trinajstić information content (AvgIpc) is 2.54. The topological polar surface area (TPSA) is 46.3 Å². The second-order valence-corrected chi connectivity index (χ2v) is 5.83. The summed E-state index contributed by atoms with van der Waals surface area (Å²) >= 11 is 0. The van der Waals surface area contributed by atoms with E-state index in [9.17, 15) is 4.79 Å². The summed E-state index contributed by atoms with van der Waals surface area (Å²) in [5.74, 6) is 0.613. The van der Waals surface area contributed by atoms with Gasteiger partial charge in [0.25, 0.3) is 0 Å². The maximum absolute atomic E-state index is 12.2. The van der Waals surface area contributed by atoms with Crippen LogP contribution in [0.15, 0.2) is 0 Å². The van der Waals surface area contributed by atoms with Crippen LogP contribution in [0, 0.1) is 5.92 Å². The van der Waals surface area contributed by atoms with Crippen LogP contribution in [0.25, 0.3) is 0 Å². The maximum atomic E-state index is 12.2. The highest BCUT2D eigenvalue weighted by Gasteiger charge is 2.25. The lowest BCUT2D eigenvalue weighted by atomic mass is 10.0. The predicted octanol–water partition coefficient (Wildman–Crippen LogP) is 2.54. The van der Waals surface area contributed by atoms with Crippen LogP contribution in [0.2, 0.25) is 0 Å². The quantitative estimate of drug-likeness (QED) is 0.768. The summed E-state index contributed by atoms with van der Waals surface area (Å²) in [4.78, 5) is 14.1. The van der Waals surface area contributed by atoms with Crippen molar-refractivity contribution in [2.75, 3.05) is 7.05 Å². The first kappa shape index (κ1) is 14.5. The van der Waals surface area contributed by atoms with Gasteiger partial charge in [-0.05, 0) is 25.2 Å². The molecule has 0 unspecified atom stereocenters. The van der Waals surface area contributed by atoms with E-state index in [1.165, 1.54) is 25.7 Å². The van der Waals surface area contributed by atoms with Gasteiger partial charge in [-0.1, -0.05) is 39.5 Å². The van der Waals surface area contributed by atoms with Crippen LogP contribution in [0.3, 0.4) is 0 Å². The first-order chi connectivity index (χ1) is 8.02. The lowest BCUT2D eigenvalue weighted by molar-refractivity contribution is -0.134. The first-order valence-electron chi connectivity index (χ1n) is 7.04. The van der Waals surface area contributed by atoms with Crippen LogP contribution in [0.1, 0.15) is 58.8 Å². The third-order valence-electron chi connectivity index (χ3n) is 3.76. The SMILES string of the molecule is CC(C)C[C@@H](N)C(=O)N(C)C1CCCCCC1. The van der Waals surface area contributed by atoms with E-state index in [0.717, 1.165) is 19.3 Å². The van der Waals surface area contributed by atoms with Gasteiger partial charge in [-0.3, -0.25) is 4.79 Å². The summed E-state index contributed by atoms with van der Waals surface area (Å²) in [6.45, 7) is 4.22. The van der Waals surface area contributed by atoms with Gasteiger partial charge in [0.15, 0.2) is 0 Å². The van der Waals surface area contributed by atoms with E-state index in [1.54, 1.807) is 0 Å². The molecule has 3 heteroatoms. The molecule has 0 bridgehead atoms. The Bertz CT molecular complexity index is 232. The molecule has 17 heavy (non-hydrogen) atoms. The minimum absolute atomic E-state index is 0.130. The van der Waals surface area contributed by atoms with Gasteiger partial charge in [0.05, 0.1) is 6.04 Å². The zero-order chi connectivity index (χ0) is 12.8. The highest BCUT2D eigenvalue weighted by Crippen LogP contribution is 2.21. The van der Waals surface area contributed by atoms with Gasteiger partial charge in [-0.15, -0.1) is 0 Å². The number of carbonyl (C=O) groups excluding carboxylic acids is 1. The number of likely N-dealkylation sites (N-methyl/N-ethyl adjacent to an activating group) is 1. The number of nitrogens with two attached hydrogens (primary N) is 1. The molecule has 1 fully saturated rings. The lowest BCUT2D eigenvalue weighted by Gasteiger charge is -2.30. The molecular formula is C14H28N2O. The molecule has 3 nitrogen and oxygen atoms in total. The highest BCUT2D eigenvalue weighted by molar-refractivity contribution is 5.81. The van der Waals surface area contributed by atoms with Crippen LogP contribution in [0.4, 0.5) is 0 Å². The molecular weight excluding hydrogens is 212 g/mol. The Labute approximate surface area is 106 Å². The number of rotatable bonds is 4. The summed E-state index contributed by atoms with van der Waals surface area (Å²) in [6.07, 6.45) is 8.22. The van der Waals surface area contributed by atoms with Crippen LogP contribution in [0.5, 0.6) is 0 Å². The summed E-state index contributed by atoms with van der Waals surface area (Å²) in [5.41, 5.74) is 5.97. The van der Waals surface area contributed by atoms with Gasteiger partial charge >= 0.3 is 0 Å². The fraction of sp³-hybridized carbons (Fsp3) is 0.929. The Hall–Kier alpha value is -0.570. The summed E-state index contributed by atoms with van der Waals surface area (Å²) in [6, 6.07) is 0.103. The van der Waals surface area contributed by atoms with E-state index in [-0.39, 0.29) is 11.9 Å². The predicted molar refractivity (Wildman–Crippen MR) is 71.7 cm³/mol. The largest absolute Gasteiger partial charge is 0.341 e. The van der Waals surface area contributed by atoms with Gasteiger partial charge in [0, 0.05) is 13.1 Å². The van der Waals surface area contributed by atoms with Crippen molar-refractivity contribution in [3.05, 3.63) is 0 Å². The van der Waals surface area contributed by atoms with Crippen molar-refractivity contribution >= 4 is 5.91 Å². The first-order valence-corrected chi connectivity index (χ1v) is 7.04. The van der Waals surface area contributed by atoms with Gasteiger partial charge in [-0.2, -0.15) is 0 Å². The molecule has 0 saturated heterocycles. The Kier molecular flexibility index (Phi) is 5.96. The Balaban J connectivity index is 2.49. The molecule has 1 rings (SSSR count). The number of hydrogen-bond acceptors (Lipinski definition) is 2. The van der Waals surface area contributed by atoms with Gasteiger partial charge in [0.1, 0.15) is 0 Å². The molecule has 2 N–H and O–H groups in total. The zero-order valence-electron chi connectivity index (χ0n) is 11.6. The van der Waals surface area contributed by atoms with E-state index in [4.69, 9.17) is 5.73 Å². The van der Waals surface area contributed by atoms with Gasteiger partial charge in [0.2, 0.25) is 5.91 Å². The van der Waals surface area contributed by atoms with E-state index in [2.05, 4.69) is 13.8 Å². The van der Waals surface area contributed by atoms with Crippen molar-refractivity contribution in [1.82, 2.24) is 4.90 Å². The lowest BCUT2D eigenvalue weighted by Crippen LogP contribution is -2.46. The molecule has 1 saturated carbocycles. The van der Waals surface area contributed by atoms with Crippen LogP contribution in [-0.4, -0.2) is 29.9 Å². The number of carbonyl (C=O) groups is 1. The molecule has 0 aromatic rings. The summed E-state index contributed by atoms with van der Waals surface area (Å²) in [5, 5.41) is 0. The van der Waals surface area contributed by atoms with E-state index in [0.29, 0.717) is 12.0 Å². The molecule has 1 aliphatic rings. The van der Waals surface area contributed by atoms with E-state index < -0.39 is 0 Å². The fourth-order valence-corrected chi connectivity index (χ4v) is 2.70. The van der Waals surface area contributed by atoms with Crippen molar-refractivity contribution in [3.63, 3.8) is 0 Å². The Morgan fingerprint density at radius 1 is 1.24 bits per heavy atom. The number of amides is 1. The monoisotopic (exact) mass is 240 g/mol. The molecule has 0 aromatic heterocycles. The normalized spacial score (nSPS) is 20.1. The zero-order valence-corrected chi connectivity index (χ0v) is 11.6. The van der Waals surface area contributed by atoms with E-state index >= 15 is 0 Å². The van der Waals surface area contributed by atoms with Gasteiger partial charge in [-0.25, -0.2) is 0 Å². The van der Waals surface area contributed by atoms with Crippen molar-refractivity contribution in [1.29, 1.82) is 0 Å². The molecule has 0 aromatic carbocycles. The summed E-state index contributed by atoms with van der Waals surface area (Å²) < 4.78 is 0. The standard InChI is InChI=1S/C14H28N2O/c1-11(2)10-13(15)14(17)16(3)12-8-6-4-5-7-9-12/h11-13H,4-10,15H2,1-3H3/t13-/m1/s1. The molecule has 0 heterocycles. The molecule has 0 spiro atoms. The van der Waals surface area contributed by atoms with Crippen molar-refractivity contribution in [2.24, 2.45) is 11.7 Å². The minimum Gasteiger partial charge on any atom is -0.341 e. The average molecular weight is 240 g/mol. The second kappa shape index (κ2) is 7.00. The molecule has 0 radical (unpaired) electrons. The van der Waals surface area contributed by atoms with Crippen molar-refractivity contribution in [3.8, 4) is 0 Å². The maximum Gasteiger partial charge on any atom is 0.239 e. The third-order valence-corrected chi connectivity index (χ3v) is 3.76. The van der Waals surface area contributed by atoms with Crippen LogP contribution >= 0.6 is 0 Å². The van der Waals surface area contributed by atoms with Gasteiger partial charge < -0.3 is 10.6 Å². The molecule has 1 aliphatic carbocycles. The number of hydrogen-bond donors (Lipinski definition) is 1. The Morgan fingerprint density at radius 2 is 1.76 bits per heavy atom. The molecule has 1 atom stereocenters. The highest BCUT2D eigenvalue weighted by atomic mass is 16.2. The van der Waals surface area contributed by atoms with Crippen LogP contribution in [-0.2, 0) is 4.79 Å². The minimum atomic E-state index is -0.316. The van der Waals surface area contributed by atoms with Crippen molar-refractivity contribution in [2.45, 2.75) is 70.9 Å².